The van der Waals surface area contributed by atoms with Gasteiger partial charge in [-0.25, -0.2) is 0 Å². The average molecular weight is 397 g/mol. The van der Waals surface area contributed by atoms with Crippen LogP contribution in [-0.2, 0) is 18.1 Å². The van der Waals surface area contributed by atoms with Gasteiger partial charge in [0, 0.05) is 58.7 Å². The summed E-state index contributed by atoms with van der Waals surface area (Å²) in [6.07, 6.45) is 1.36. The number of nitrogens with one attached hydrogen (secondary N) is 1. The lowest BCUT2D eigenvalue weighted by molar-refractivity contribution is -0.128. The maximum absolute atomic E-state index is 11.5. The number of amides is 1. The predicted molar refractivity (Wildman–Crippen MR) is 106 cm³/mol. The molecule has 0 radical (unpaired) electrons. The molecule has 24 heavy (non-hydrogen) atoms. The van der Waals surface area contributed by atoms with Crippen LogP contribution in [0.3, 0.4) is 0 Å². The number of thioether (sulfide) groups is 1. The van der Waals surface area contributed by atoms with E-state index in [1.54, 1.807) is 19.0 Å². The molecule has 0 rings (SSSR count). The fourth-order valence-electron chi connectivity index (χ4n) is 2.00. The van der Waals surface area contributed by atoms with E-state index < -0.39 is 8.80 Å². The second-order valence-electron chi connectivity index (χ2n) is 5.19. The van der Waals surface area contributed by atoms with Gasteiger partial charge in [-0.1, -0.05) is 24.0 Å². The first-order chi connectivity index (χ1) is 11.4. The normalized spacial score (nSPS) is 11.4. The molecule has 0 aliphatic carbocycles. The van der Waals surface area contributed by atoms with Crippen molar-refractivity contribution in [3.63, 3.8) is 0 Å². The Morgan fingerprint density at radius 3 is 2.12 bits per heavy atom. The van der Waals surface area contributed by atoms with Gasteiger partial charge in [0.15, 0.2) is 0 Å². The van der Waals surface area contributed by atoms with Gasteiger partial charge in [0.2, 0.25) is 5.91 Å². The van der Waals surface area contributed by atoms with Gasteiger partial charge in [-0.3, -0.25) is 4.79 Å². The van der Waals surface area contributed by atoms with E-state index >= 15 is 0 Å². The molecule has 1 amide bonds. The zero-order chi connectivity index (χ0) is 18.4. The molecule has 0 saturated carbocycles. The summed E-state index contributed by atoms with van der Waals surface area (Å²) in [7, 11) is 0.957. The topological polar surface area (TPSA) is 60.0 Å². The monoisotopic (exact) mass is 396 g/mol. The first-order valence-electron chi connectivity index (χ1n) is 8.43. The highest BCUT2D eigenvalue weighted by atomic mass is 32.2. The summed E-state index contributed by atoms with van der Waals surface area (Å²) in [5.41, 5.74) is 0. The highest BCUT2D eigenvalue weighted by Crippen LogP contribution is 2.18. The molecular weight excluding hydrogens is 364 g/mol. The molecule has 0 heterocycles. The summed E-state index contributed by atoms with van der Waals surface area (Å²) in [6.45, 7) is 8.39. The molecule has 142 valence electrons. The van der Waals surface area contributed by atoms with Gasteiger partial charge in [-0.2, -0.15) is 0 Å². The second-order valence-corrected chi connectivity index (χ2v) is 9.69. The van der Waals surface area contributed by atoms with Crippen LogP contribution in [0.5, 0.6) is 0 Å². The van der Waals surface area contributed by atoms with E-state index in [2.05, 4.69) is 5.32 Å². The second kappa shape index (κ2) is 14.0. The van der Waals surface area contributed by atoms with E-state index in [0.29, 0.717) is 32.0 Å². The van der Waals surface area contributed by atoms with Gasteiger partial charge in [-0.15, -0.1) is 0 Å². The molecule has 0 saturated heterocycles. The summed E-state index contributed by atoms with van der Waals surface area (Å²) in [5, 5.41) is 3.21. The molecule has 9 heteroatoms. The maximum Gasteiger partial charge on any atom is 0.500 e. The Hall–Kier alpha value is -0.193. The van der Waals surface area contributed by atoms with Crippen molar-refractivity contribution in [2.75, 3.05) is 46.2 Å². The Morgan fingerprint density at radius 1 is 1.12 bits per heavy atom. The predicted octanol–water partition coefficient (Wildman–Crippen LogP) is 2.51. The number of nitrogens with zero attached hydrogens (tertiary/aromatic N) is 1. The zero-order valence-corrected chi connectivity index (χ0v) is 18.2. The fraction of sp³-hybridized carbons (Fsp3) is 0.867. The number of thiocarbonyl (C=S) groups is 1. The molecule has 1 N–H and O–H groups in total. The fourth-order valence-corrected chi connectivity index (χ4v) is 5.63. The molecule has 0 aromatic rings. The van der Waals surface area contributed by atoms with Crippen molar-refractivity contribution in [3.8, 4) is 0 Å². The third kappa shape index (κ3) is 10.6. The molecule has 6 nitrogen and oxygen atoms in total. The summed E-state index contributed by atoms with van der Waals surface area (Å²) in [4.78, 5) is 13.1. The van der Waals surface area contributed by atoms with Crippen molar-refractivity contribution in [1.29, 1.82) is 0 Å². The van der Waals surface area contributed by atoms with Gasteiger partial charge in [-0.05, 0) is 27.2 Å². The number of carbonyl (C=O) groups is 1. The lowest BCUT2D eigenvalue weighted by Gasteiger charge is -2.28. The van der Waals surface area contributed by atoms with Crippen molar-refractivity contribution in [1.82, 2.24) is 10.2 Å². The van der Waals surface area contributed by atoms with E-state index in [1.807, 2.05) is 20.8 Å². The number of hydrogen-bond acceptors (Lipinski definition) is 6. The van der Waals surface area contributed by atoms with Crippen molar-refractivity contribution in [3.05, 3.63) is 0 Å². The van der Waals surface area contributed by atoms with Crippen molar-refractivity contribution in [2.24, 2.45) is 0 Å². The SMILES string of the molecule is CCO[Si](CCCNC(=S)SCCC(=O)N(C)C)(OCC)OCC. The third-order valence-electron chi connectivity index (χ3n) is 3.07. The van der Waals surface area contributed by atoms with Crippen LogP contribution in [0.1, 0.15) is 33.6 Å². The Bertz CT molecular complexity index is 356. The van der Waals surface area contributed by atoms with Gasteiger partial charge in [0.25, 0.3) is 0 Å². The molecule has 0 atom stereocenters. The van der Waals surface area contributed by atoms with Crippen LogP contribution in [-0.4, -0.2) is 70.1 Å². The molecule has 0 unspecified atom stereocenters. The molecular formula is C15H32N2O4S2Si. The number of carbonyl (C=O) groups excluding carboxylic acids is 1. The summed E-state index contributed by atoms with van der Waals surface area (Å²) >= 11 is 6.78. The Labute approximate surface area is 157 Å². The number of rotatable bonds is 13. The minimum atomic E-state index is -2.56. The van der Waals surface area contributed by atoms with E-state index in [9.17, 15) is 4.79 Å². The van der Waals surface area contributed by atoms with Crippen LogP contribution in [0.15, 0.2) is 0 Å². The van der Waals surface area contributed by atoms with Crippen LogP contribution in [0, 0.1) is 0 Å². The molecule has 0 aromatic carbocycles. The largest absolute Gasteiger partial charge is 0.500 e. The quantitative estimate of drug-likeness (QED) is 0.292. The van der Waals surface area contributed by atoms with Crippen LogP contribution in [0.2, 0.25) is 6.04 Å². The first kappa shape index (κ1) is 23.8. The van der Waals surface area contributed by atoms with Crippen LogP contribution < -0.4 is 5.32 Å². The summed E-state index contributed by atoms with van der Waals surface area (Å²) < 4.78 is 18.2. The van der Waals surface area contributed by atoms with E-state index in [4.69, 9.17) is 25.5 Å². The smallest absolute Gasteiger partial charge is 0.374 e. The first-order valence-corrected chi connectivity index (χ1v) is 11.8. The highest BCUT2D eigenvalue weighted by Gasteiger charge is 2.39. The van der Waals surface area contributed by atoms with Crippen LogP contribution in [0.4, 0.5) is 0 Å². The Morgan fingerprint density at radius 2 is 1.67 bits per heavy atom. The van der Waals surface area contributed by atoms with Gasteiger partial charge < -0.3 is 23.5 Å². The van der Waals surface area contributed by atoms with Crippen molar-refractivity contribution in [2.45, 2.75) is 39.7 Å². The summed E-state index contributed by atoms with van der Waals surface area (Å²) in [6, 6.07) is 0.766. The van der Waals surface area contributed by atoms with Crippen molar-refractivity contribution >= 4 is 43.0 Å². The maximum atomic E-state index is 11.5. The Kier molecular flexibility index (Phi) is 13.9. The van der Waals surface area contributed by atoms with Gasteiger partial charge in [0.05, 0.1) is 0 Å². The molecule has 0 fully saturated rings. The minimum absolute atomic E-state index is 0.117. The summed E-state index contributed by atoms with van der Waals surface area (Å²) in [5.74, 6) is 0.810. The molecule has 0 aromatic heterocycles. The lowest BCUT2D eigenvalue weighted by atomic mass is 10.4. The molecule has 0 aliphatic heterocycles. The third-order valence-corrected chi connectivity index (χ3v) is 7.53. The van der Waals surface area contributed by atoms with Crippen LogP contribution in [0.25, 0.3) is 0 Å². The van der Waals surface area contributed by atoms with E-state index in [0.717, 1.165) is 23.3 Å². The van der Waals surface area contributed by atoms with Crippen LogP contribution >= 0.6 is 24.0 Å². The molecule has 0 bridgehead atoms. The minimum Gasteiger partial charge on any atom is -0.374 e. The highest BCUT2D eigenvalue weighted by molar-refractivity contribution is 8.22. The average Bonchev–Trinajstić information content (AvgIpc) is 2.52. The zero-order valence-electron chi connectivity index (χ0n) is 15.6. The number of hydrogen-bond donors (Lipinski definition) is 1. The van der Waals surface area contributed by atoms with E-state index in [-0.39, 0.29) is 5.91 Å². The Balaban J connectivity index is 4.06. The van der Waals surface area contributed by atoms with E-state index in [1.165, 1.54) is 11.8 Å². The van der Waals surface area contributed by atoms with Crippen molar-refractivity contribution < 1.29 is 18.1 Å². The standard InChI is InChI=1S/C15H32N2O4S2Si/c1-6-19-24(20-7-2,21-8-3)13-9-11-16-15(22)23-12-10-14(18)17(4)5/h6-13H2,1-5H3,(H,16,22). The lowest BCUT2D eigenvalue weighted by Crippen LogP contribution is -2.46. The molecule has 0 aliphatic rings. The van der Waals surface area contributed by atoms with Gasteiger partial charge in [0.1, 0.15) is 4.32 Å². The molecule has 0 spiro atoms. The van der Waals surface area contributed by atoms with Gasteiger partial charge >= 0.3 is 8.80 Å².